The van der Waals surface area contributed by atoms with Gasteiger partial charge in [0.2, 0.25) is 0 Å². The molecule has 0 aliphatic carbocycles. The van der Waals surface area contributed by atoms with E-state index in [1.54, 1.807) is 0 Å². The van der Waals surface area contributed by atoms with Crippen LogP contribution in [0.15, 0.2) is 18.2 Å². The molecule has 0 unspecified atom stereocenters. The molecule has 1 aliphatic rings. The standard InChI is InChI=1S/C15H21NO2/c1-3-11-7-5-8-12(4-2)14(11)16-15(17)13-9-6-10-18-13/h5,7-8,13H,3-4,6,9-10H2,1-2H3,(H,16,17)/t13-/m0/s1. The van der Waals surface area contributed by atoms with Crippen molar-refractivity contribution in [3.63, 3.8) is 0 Å². The highest BCUT2D eigenvalue weighted by Crippen LogP contribution is 2.24. The number of carbonyl (C=O) groups is 1. The molecule has 3 heteroatoms. The zero-order valence-electron chi connectivity index (χ0n) is 11.2. The molecular formula is C15H21NO2. The molecule has 1 saturated heterocycles. The van der Waals surface area contributed by atoms with Crippen molar-refractivity contribution in [3.05, 3.63) is 29.3 Å². The van der Waals surface area contributed by atoms with Gasteiger partial charge in [0.1, 0.15) is 6.10 Å². The van der Waals surface area contributed by atoms with Gasteiger partial charge in [-0.1, -0.05) is 32.0 Å². The molecule has 1 aliphatic heterocycles. The topological polar surface area (TPSA) is 38.3 Å². The number of rotatable bonds is 4. The second-order valence-electron chi connectivity index (χ2n) is 4.65. The fourth-order valence-corrected chi connectivity index (χ4v) is 2.39. The highest BCUT2D eigenvalue weighted by molar-refractivity contribution is 5.95. The minimum Gasteiger partial charge on any atom is -0.368 e. The monoisotopic (exact) mass is 247 g/mol. The molecule has 1 amide bonds. The predicted octanol–water partition coefficient (Wildman–Crippen LogP) is 2.93. The summed E-state index contributed by atoms with van der Waals surface area (Å²) in [5.41, 5.74) is 3.38. The van der Waals surface area contributed by atoms with Crippen molar-refractivity contribution >= 4 is 11.6 Å². The molecule has 0 radical (unpaired) electrons. The number of hydrogen-bond acceptors (Lipinski definition) is 2. The van der Waals surface area contributed by atoms with Crippen LogP contribution >= 0.6 is 0 Å². The quantitative estimate of drug-likeness (QED) is 0.888. The molecule has 3 nitrogen and oxygen atoms in total. The third kappa shape index (κ3) is 2.72. The lowest BCUT2D eigenvalue weighted by Gasteiger charge is -2.16. The van der Waals surface area contributed by atoms with Gasteiger partial charge in [-0.15, -0.1) is 0 Å². The Labute approximate surface area is 109 Å². The number of nitrogens with one attached hydrogen (secondary N) is 1. The van der Waals surface area contributed by atoms with Crippen molar-refractivity contribution in [2.75, 3.05) is 11.9 Å². The molecule has 2 rings (SSSR count). The Morgan fingerprint density at radius 2 is 2.00 bits per heavy atom. The van der Waals surface area contributed by atoms with E-state index in [9.17, 15) is 4.79 Å². The molecule has 18 heavy (non-hydrogen) atoms. The molecule has 0 spiro atoms. The molecule has 1 atom stereocenters. The maximum absolute atomic E-state index is 12.1. The van der Waals surface area contributed by atoms with E-state index < -0.39 is 0 Å². The van der Waals surface area contributed by atoms with E-state index in [-0.39, 0.29) is 12.0 Å². The van der Waals surface area contributed by atoms with E-state index in [0.717, 1.165) is 31.4 Å². The molecule has 0 aromatic heterocycles. The van der Waals surface area contributed by atoms with Crippen LogP contribution in [-0.2, 0) is 22.4 Å². The van der Waals surface area contributed by atoms with Crippen LogP contribution in [0.1, 0.15) is 37.8 Å². The molecule has 1 N–H and O–H groups in total. The number of anilines is 1. The number of aryl methyl sites for hydroxylation is 2. The summed E-state index contributed by atoms with van der Waals surface area (Å²) < 4.78 is 5.42. The summed E-state index contributed by atoms with van der Waals surface area (Å²) in [6.07, 6.45) is 3.40. The number of amides is 1. The average molecular weight is 247 g/mol. The van der Waals surface area contributed by atoms with Gasteiger partial charge in [0.25, 0.3) is 5.91 Å². The number of benzene rings is 1. The van der Waals surface area contributed by atoms with E-state index in [0.29, 0.717) is 6.61 Å². The summed E-state index contributed by atoms with van der Waals surface area (Å²) in [4.78, 5) is 12.1. The third-order valence-electron chi connectivity index (χ3n) is 3.47. The van der Waals surface area contributed by atoms with Gasteiger partial charge < -0.3 is 10.1 Å². The first-order valence-electron chi connectivity index (χ1n) is 6.79. The Balaban J connectivity index is 2.18. The minimum absolute atomic E-state index is 0.00287. The van der Waals surface area contributed by atoms with Gasteiger partial charge >= 0.3 is 0 Å². The Morgan fingerprint density at radius 1 is 1.33 bits per heavy atom. The van der Waals surface area contributed by atoms with Crippen molar-refractivity contribution in [2.45, 2.75) is 45.6 Å². The zero-order chi connectivity index (χ0) is 13.0. The second kappa shape index (κ2) is 6.01. The Hall–Kier alpha value is -1.35. The lowest BCUT2D eigenvalue weighted by atomic mass is 10.0. The molecule has 98 valence electrons. The van der Waals surface area contributed by atoms with Crippen LogP contribution in [0.5, 0.6) is 0 Å². The SMILES string of the molecule is CCc1cccc(CC)c1NC(=O)[C@@H]1CCCO1. The predicted molar refractivity (Wildman–Crippen MR) is 72.8 cm³/mol. The number of ether oxygens (including phenoxy) is 1. The van der Waals surface area contributed by atoms with Crippen molar-refractivity contribution in [1.29, 1.82) is 0 Å². The van der Waals surface area contributed by atoms with Gasteiger partial charge in [-0.2, -0.15) is 0 Å². The molecular weight excluding hydrogens is 226 g/mol. The average Bonchev–Trinajstić information content (AvgIpc) is 2.93. The van der Waals surface area contributed by atoms with Gasteiger partial charge in [-0.25, -0.2) is 0 Å². The van der Waals surface area contributed by atoms with Crippen LogP contribution in [0.2, 0.25) is 0 Å². The van der Waals surface area contributed by atoms with Crippen LogP contribution in [-0.4, -0.2) is 18.6 Å². The minimum atomic E-state index is -0.264. The van der Waals surface area contributed by atoms with Crippen molar-refractivity contribution < 1.29 is 9.53 Å². The number of hydrogen-bond donors (Lipinski definition) is 1. The van der Waals surface area contributed by atoms with Gasteiger partial charge in [0, 0.05) is 12.3 Å². The van der Waals surface area contributed by atoms with Gasteiger partial charge in [-0.05, 0) is 36.8 Å². The zero-order valence-corrected chi connectivity index (χ0v) is 11.2. The molecule has 0 bridgehead atoms. The van der Waals surface area contributed by atoms with E-state index in [1.165, 1.54) is 11.1 Å². The van der Waals surface area contributed by atoms with Crippen LogP contribution in [0.3, 0.4) is 0 Å². The first-order chi connectivity index (χ1) is 8.76. The Bertz CT molecular complexity index is 400. The summed E-state index contributed by atoms with van der Waals surface area (Å²) in [6, 6.07) is 6.20. The maximum atomic E-state index is 12.1. The van der Waals surface area contributed by atoms with Gasteiger partial charge in [0.05, 0.1) is 0 Å². The van der Waals surface area contributed by atoms with E-state index in [2.05, 4.69) is 37.4 Å². The second-order valence-corrected chi connectivity index (χ2v) is 4.65. The largest absolute Gasteiger partial charge is 0.368 e. The summed E-state index contributed by atoms with van der Waals surface area (Å²) in [5, 5.41) is 3.06. The van der Waals surface area contributed by atoms with Crippen molar-refractivity contribution in [1.82, 2.24) is 0 Å². The van der Waals surface area contributed by atoms with Crippen LogP contribution < -0.4 is 5.32 Å². The summed E-state index contributed by atoms with van der Waals surface area (Å²) in [5.74, 6) is 0.00287. The third-order valence-corrected chi connectivity index (χ3v) is 3.47. The fraction of sp³-hybridized carbons (Fsp3) is 0.533. The Kier molecular flexibility index (Phi) is 4.37. The Morgan fingerprint density at radius 3 is 2.50 bits per heavy atom. The van der Waals surface area contributed by atoms with E-state index >= 15 is 0 Å². The summed E-state index contributed by atoms with van der Waals surface area (Å²) >= 11 is 0. The fourth-order valence-electron chi connectivity index (χ4n) is 2.39. The van der Waals surface area contributed by atoms with Crippen LogP contribution in [0, 0.1) is 0 Å². The van der Waals surface area contributed by atoms with Gasteiger partial charge in [0.15, 0.2) is 0 Å². The summed E-state index contributed by atoms with van der Waals surface area (Å²) in [7, 11) is 0. The molecule has 1 aromatic carbocycles. The first-order valence-corrected chi connectivity index (χ1v) is 6.79. The van der Waals surface area contributed by atoms with E-state index in [4.69, 9.17) is 4.74 Å². The molecule has 1 aromatic rings. The number of para-hydroxylation sites is 1. The highest BCUT2D eigenvalue weighted by atomic mass is 16.5. The van der Waals surface area contributed by atoms with Crippen molar-refractivity contribution in [3.8, 4) is 0 Å². The molecule has 1 fully saturated rings. The molecule has 0 saturated carbocycles. The maximum Gasteiger partial charge on any atom is 0.253 e. The summed E-state index contributed by atoms with van der Waals surface area (Å²) in [6.45, 7) is 4.92. The number of carbonyl (C=O) groups excluding carboxylic acids is 1. The first kappa shape index (κ1) is 13.1. The smallest absolute Gasteiger partial charge is 0.253 e. The van der Waals surface area contributed by atoms with Crippen LogP contribution in [0.25, 0.3) is 0 Å². The lowest BCUT2D eigenvalue weighted by Crippen LogP contribution is -2.27. The van der Waals surface area contributed by atoms with Crippen LogP contribution in [0.4, 0.5) is 5.69 Å². The highest BCUT2D eigenvalue weighted by Gasteiger charge is 2.24. The van der Waals surface area contributed by atoms with Gasteiger partial charge in [-0.3, -0.25) is 4.79 Å². The van der Waals surface area contributed by atoms with Crippen molar-refractivity contribution in [2.24, 2.45) is 0 Å². The lowest BCUT2D eigenvalue weighted by molar-refractivity contribution is -0.124. The molecule has 1 heterocycles. The van der Waals surface area contributed by atoms with E-state index in [1.807, 2.05) is 0 Å². The normalized spacial score (nSPS) is 18.9.